The van der Waals surface area contributed by atoms with E-state index >= 15 is 0 Å². The van der Waals surface area contributed by atoms with Gasteiger partial charge in [0.05, 0.1) is 24.3 Å². The van der Waals surface area contributed by atoms with Gasteiger partial charge in [-0.3, -0.25) is 9.59 Å². The number of carboxylic acid groups (broad SMARTS) is 1. The Labute approximate surface area is 119 Å². The second-order valence-electron chi connectivity index (χ2n) is 4.56. The number of carboxylic acids is 1. The van der Waals surface area contributed by atoms with Crippen LogP contribution in [0.4, 0.5) is 5.69 Å². The summed E-state index contributed by atoms with van der Waals surface area (Å²) in [7, 11) is 0. The van der Waals surface area contributed by atoms with Crippen LogP contribution in [0.2, 0.25) is 0 Å². The minimum absolute atomic E-state index is 0.0100. The van der Waals surface area contributed by atoms with Crippen molar-refractivity contribution < 1.29 is 14.7 Å². The highest BCUT2D eigenvalue weighted by Gasteiger charge is 2.34. The lowest BCUT2D eigenvalue weighted by molar-refractivity contribution is -0.137. The van der Waals surface area contributed by atoms with E-state index < -0.39 is 5.97 Å². The zero-order chi connectivity index (χ0) is 14.1. The molecule has 1 aliphatic heterocycles. The summed E-state index contributed by atoms with van der Waals surface area (Å²) in [5.74, 6) is -1.28. The van der Waals surface area contributed by atoms with Gasteiger partial charge in [-0.1, -0.05) is 18.2 Å². The van der Waals surface area contributed by atoms with Gasteiger partial charge in [-0.15, -0.1) is 0 Å². The number of rotatable bonds is 3. The normalized spacial score (nSPS) is 17.0. The van der Waals surface area contributed by atoms with Crippen molar-refractivity contribution in [2.45, 2.75) is 12.3 Å². The molecule has 1 aliphatic rings. The van der Waals surface area contributed by atoms with Crippen LogP contribution in [0.25, 0.3) is 0 Å². The van der Waals surface area contributed by atoms with E-state index in [1.807, 2.05) is 24.3 Å². The molecule has 1 aromatic heterocycles. The van der Waals surface area contributed by atoms with Crippen molar-refractivity contribution in [3.8, 4) is 0 Å². The van der Waals surface area contributed by atoms with Gasteiger partial charge in [-0.05, 0) is 11.6 Å². The van der Waals surface area contributed by atoms with Crippen LogP contribution in [-0.2, 0) is 4.79 Å². The quantitative estimate of drug-likeness (QED) is 0.930. The summed E-state index contributed by atoms with van der Waals surface area (Å²) in [4.78, 5) is 24.9. The number of anilines is 1. The van der Waals surface area contributed by atoms with Gasteiger partial charge in [0.25, 0.3) is 5.91 Å². The summed E-state index contributed by atoms with van der Waals surface area (Å²) in [6.07, 6.45) is 1.44. The Hall–Kier alpha value is -2.28. The van der Waals surface area contributed by atoms with Gasteiger partial charge in [0.15, 0.2) is 5.69 Å². The Morgan fingerprint density at radius 1 is 1.40 bits per heavy atom. The average molecular weight is 289 g/mol. The number of fused-ring (bicyclic) bond motifs is 1. The number of para-hydroxylation sites is 1. The number of benzene rings is 1. The number of hydrogen-bond acceptors (Lipinski definition) is 5. The first-order valence-corrected chi connectivity index (χ1v) is 6.80. The molecule has 3 rings (SSSR count). The Kier molecular flexibility index (Phi) is 3.19. The first-order valence-electron chi connectivity index (χ1n) is 6.07. The molecule has 0 fully saturated rings. The smallest absolute Gasteiger partial charge is 0.304 e. The number of nitrogens with zero attached hydrogens (tertiary/aromatic N) is 3. The van der Waals surface area contributed by atoms with Crippen molar-refractivity contribution in [2.75, 3.05) is 11.4 Å². The fourth-order valence-electron chi connectivity index (χ4n) is 2.47. The zero-order valence-corrected chi connectivity index (χ0v) is 11.2. The fourth-order valence-corrected chi connectivity index (χ4v) is 2.88. The number of carbonyl (C=O) groups excluding carboxylic acids is 1. The number of carbonyl (C=O) groups is 2. The van der Waals surface area contributed by atoms with E-state index in [1.165, 1.54) is 6.20 Å². The largest absolute Gasteiger partial charge is 0.481 e. The Bertz CT molecular complexity index is 657. The summed E-state index contributed by atoms with van der Waals surface area (Å²) in [5.41, 5.74) is 1.95. The van der Waals surface area contributed by atoms with Crippen molar-refractivity contribution in [1.82, 2.24) is 8.75 Å². The van der Waals surface area contributed by atoms with Crippen molar-refractivity contribution in [3.05, 3.63) is 41.7 Å². The van der Waals surface area contributed by atoms with Crippen molar-refractivity contribution in [1.29, 1.82) is 0 Å². The Morgan fingerprint density at radius 3 is 2.90 bits per heavy atom. The fraction of sp³-hybridized carbons (Fsp3) is 0.231. The summed E-state index contributed by atoms with van der Waals surface area (Å²) < 4.78 is 7.77. The lowest BCUT2D eigenvalue weighted by Gasteiger charge is -2.15. The molecule has 0 spiro atoms. The van der Waals surface area contributed by atoms with E-state index in [9.17, 15) is 9.59 Å². The highest BCUT2D eigenvalue weighted by atomic mass is 32.1. The first-order chi connectivity index (χ1) is 9.66. The summed E-state index contributed by atoms with van der Waals surface area (Å²) >= 11 is 0.978. The van der Waals surface area contributed by atoms with Crippen LogP contribution in [0.5, 0.6) is 0 Å². The highest BCUT2D eigenvalue weighted by molar-refractivity contribution is 6.99. The molecule has 0 bridgehead atoms. The van der Waals surface area contributed by atoms with Gasteiger partial charge in [-0.25, -0.2) is 0 Å². The van der Waals surface area contributed by atoms with Crippen LogP contribution < -0.4 is 4.90 Å². The van der Waals surface area contributed by atoms with Gasteiger partial charge in [0.1, 0.15) is 0 Å². The van der Waals surface area contributed by atoms with Crippen LogP contribution in [0.1, 0.15) is 28.4 Å². The van der Waals surface area contributed by atoms with E-state index in [0.717, 1.165) is 23.0 Å². The van der Waals surface area contributed by atoms with Crippen LogP contribution in [0.3, 0.4) is 0 Å². The van der Waals surface area contributed by atoms with Gasteiger partial charge in [-0.2, -0.15) is 8.75 Å². The third kappa shape index (κ3) is 2.16. The summed E-state index contributed by atoms with van der Waals surface area (Å²) in [6, 6.07) is 7.39. The average Bonchev–Trinajstić information content (AvgIpc) is 3.06. The van der Waals surface area contributed by atoms with Crippen molar-refractivity contribution >= 4 is 29.3 Å². The SMILES string of the molecule is O=C(O)CC1CN(C(=O)c2cnsn2)c2ccccc21. The lowest BCUT2D eigenvalue weighted by atomic mass is 9.98. The van der Waals surface area contributed by atoms with Crippen LogP contribution in [-0.4, -0.2) is 32.3 Å². The molecular weight excluding hydrogens is 278 g/mol. The van der Waals surface area contributed by atoms with Crippen molar-refractivity contribution in [2.24, 2.45) is 0 Å². The molecule has 6 nitrogen and oxygen atoms in total. The predicted molar refractivity (Wildman–Crippen MR) is 73.0 cm³/mol. The molecule has 1 unspecified atom stereocenters. The van der Waals surface area contributed by atoms with Crippen LogP contribution in [0, 0.1) is 0 Å². The predicted octanol–water partition coefficient (Wildman–Crippen LogP) is 1.76. The number of hydrogen-bond donors (Lipinski definition) is 1. The van der Waals surface area contributed by atoms with E-state index in [1.54, 1.807) is 4.90 Å². The highest BCUT2D eigenvalue weighted by Crippen LogP contribution is 2.38. The van der Waals surface area contributed by atoms with Crippen molar-refractivity contribution in [3.63, 3.8) is 0 Å². The minimum Gasteiger partial charge on any atom is -0.481 e. The van der Waals surface area contributed by atoms with Crippen LogP contribution in [0.15, 0.2) is 30.5 Å². The Morgan fingerprint density at radius 2 is 2.20 bits per heavy atom. The van der Waals surface area contributed by atoms with E-state index in [4.69, 9.17) is 5.11 Å². The molecule has 0 aliphatic carbocycles. The molecule has 0 saturated carbocycles. The van der Waals surface area contributed by atoms with E-state index in [-0.39, 0.29) is 18.2 Å². The van der Waals surface area contributed by atoms with Gasteiger partial charge < -0.3 is 10.0 Å². The molecule has 1 aromatic carbocycles. The standard InChI is InChI=1S/C13H11N3O3S/c17-12(18)5-8-7-16(11-4-2-1-3-9(8)11)13(19)10-6-14-20-15-10/h1-4,6,8H,5,7H2,(H,17,18). The molecule has 2 heterocycles. The second kappa shape index (κ2) is 5.01. The zero-order valence-electron chi connectivity index (χ0n) is 10.4. The monoisotopic (exact) mass is 289 g/mol. The number of amides is 1. The molecule has 0 radical (unpaired) electrons. The molecule has 7 heteroatoms. The molecular formula is C13H11N3O3S. The molecule has 1 N–H and O–H groups in total. The molecule has 20 heavy (non-hydrogen) atoms. The number of aromatic nitrogens is 2. The number of aliphatic carboxylic acids is 1. The van der Waals surface area contributed by atoms with Gasteiger partial charge >= 0.3 is 5.97 Å². The maximum atomic E-state index is 12.4. The van der Waals surface area contributed by atoms with Crippen LogP contribution >= 0.6 is 11.7 Å². The third-order valence-electron chi connectivity index (χ3n) is 3.32. The van der Waals surface area contributed by atoms with E-state index in [2.05, 4.69) is 8.75 Å². The third-order valence-corrected chi connectivity index (χ3v) is 3.79. The molecule has 1 amide bonds. The van der Waals surface area contributed by atoms with E-state index in [0.29, 0.717) is 12.2 Å². The molecule has 102 valence electrons. The minimum atomic E-state index is -0.866. The first kappa shape index (κ1) is 12.7. The maximum absolute atomic E-state index is 12.4. The summed E-state index contributed by atoms with van der Waals surface area (Å²) in [6.45, 7) is 0.363. The molecule has 1 atom stereocenters. The van der Waals surface area contributed by atoms with Gasteiger partial charge in [0, 0.05) is 18.2 Å². The summed E-state index contributed by atoms with van der Waals surface area (Å²) in [5, 5.41) is 8.98. The molecule has 2 aromatic rings. The Balaban J connectivity index is 1.94. The lowest BCUT2D eigenvalue weighted by Crippen LogP contribution is -2.30. The maximum Gasteiger partial charge on any atom is 0.304 e. The topological polar surface area (TPSA) is 83.4 Å². The molecule has 0 saturated heterocycles. The second-order valence-corrected chi connectivity index (χ2v) is 5.12. The van der Waals surface area contributed by atoms with Gasteiger partial charge in [0.2, 0.25) is 0 Å².